The predicted molar refractivity (Wildman–Crippen MR) is 190 cm³/mol. The van der Waals surface area contributed by atoms with E-state index < -0.39 is 17.1 Å². The monoisotopic (exact) mass is 655 g/mol. The lowest BCUT2D eigenvalue weighted by Crippen LogP contribution is -2.30. The molecule has 3 N–H and O–H groups in total. The van der Waals surface area contributed by atoms with Crippen LogP contribution in [0.4, 0.5) is 11.4 Å². The van der Waals surface area contributed by atoms with Gasteiger partial charge in [-0.05, 0) is 72.2 Å². The summed E-state index contributed by atoms with van der Waals surface area (Å²) in [6.45, 7) is 2.77. The van der Waals surface area contributed by atoms with Gasteiger partial charge in [0.05, 0.1) is 5.25 Å². The molecule has 0 aliphatic carbocycles. The summed E-state index contributed by atoms with van der Waals surface area (Å²) in [4.78, 5) is 40.5. The van der Waals surface area contributed by atoms with Crippen molar-refractivity contribution in [2.75, 3.05) is 23.8 Å². The molecule has 0 radical (unpaired) electrons. The Balaban J connectivity index is 1.15. The maximum atomic E-state index is 13.6. The van der Waals surface area contributed by atoms with Gasteiger partial charge in [-0.2, -0.15) is 0 Å². The highest BCUT2D eigenvalue weighted by Gasteiger charge is 2.19. The molecule has 8 nitrogen and oxygen atoms in total. The van der Waals surface area contributed by atoms with Crippen molar-refractivity contribution in [3.8, 4) is 22.6 Å². The first-order valence-corrected chi connectivity index (χ1v) is 16.3. The van der Waals surface area contributed by atoms with E-state index in [2.05, 4.69) is 16.0 Å². The van der Waals surface area contributed by atoms with E-state index >= 15 is 0 Å². The van der Waals surface area contributed by atoms with Crippen LogP contribution >= 0.6 is 11.8 Å². The minimum Gasteiger partial charge on any atom is -0.486 e. The Bertz CT molecular complexity index is 1950. The van der Waals surface area contributed by atoms with Crippen LogP contribution in [0, 0.1) is 0 Å². The van der Waals surface area contributed by atoms with Crippen molar-refractivity contribution in [3.05, 3.63) is 144 Å². The van der Waals surface area contributed by atoms with Crippen LogP contribution in [0.5, 0.6) is 11.5 Å². The molecule has 5 aromatic carbocycles. The second-order valence-corrected chi connectivity index (χ2v) is 12.4. The number of hydrogen-bond donors (Lipinski definition) is 3. The lowest BCUT2D eigenvalue weighted by molar-refractivity contribution is -0.115. The van der Waals surface area contributed by atoms with Gasteiger partial charge in [0.15, 0.2) is 11.5 Å². The number of anilines is 2. The number of carbonyl (C=O) groups excluding carboxylic acids is 3. The van der Waals surface area contributed by atoms with Crippen molar-refractivity contribution in [2.45, 2.75) is 17.1 Å². The molecule has 48 heavy (non-hydrogen) atoms. The Labute approximate surface area is 283 Å². The van der Waals surface area contributed by atoms with E-state index in [1.807, 2.05) is 73.7 Å². The third-order valence-corrected chi connectivity index (χ3v) is 8.54. The summed E-state index contributed by atoms with van der Waals surface area (Å²) in [6.07, 6.45) is 1.65. The van der Waals surface area contributed by atoms with Gasteiger partial charge in [-0.1, -0.05) is 78.9 Å². The normalized spacial score (nSPS) is 12.8. The summed E-state index contributed by atoms with van der Waals surface area (Å²) < 4.78 is 11.2. The third-order valence-electron chi connectivity index (χ3n) is 7.44. The molecule has 1 unspecified atom stereocenters. The van der Waals surface area contributed by atoms with Gasteiger partial charge >= 0.3 is 0 Å². The average Bonchev–Trinajstić information content (AvgIpc) is 3.12. The van der Waals surface area contributed by atoms with Gasteiger partial charge in [0, 0.05) is 27.9 Å². The number of nitrogens with one attached hydrogen (secondary N) is 3. The molecule has 6 rings (SSSR count). The van der Waals surface area contributed by atoms with Gasteiger partial charge in [0.1, 0.15) is 18.9 Å². The molecule has 240 valence electrons. The molecule has 0 saturated carbocycles. The van der Waals surface area contributed by atoms with Crippen LogP contribution in [0.3, 0.4) is 0 Å². The molecular formula is C39H33N3O5S. The highest BCUT2D eigenvalue weighted by Crippen LogP contribution is 2.33. The first-order chi connectivity index (χ1) is 23.4. The Kier molecular flexibility index (Phi) is 10.2. The largest absolute Gasteiger partial charge is 0.486 e. The molecule has 3 amide bonds. The fraction of sp³-hybridized carbons (Fsp3) is 0.103. The van der Waals surface area contributed by atoms with Crippen LogP contribution in [-0.2, 0) is 9.59 Å². The zero-order valence-corrected chi connectivity index (χ0v) is 27.0. The molecule has 1 aliphatic heterocycles. The van der Waals surface area contributed by atoms with Gasteiger partial charge in [-0.3, -0.25) is 14.4 Å². The van der Waals surface area contributed by atoms with Crippen molar-refractivity contribution >= 4 is 46.9 Å². The second kappa shape index (κ2) is 15.2. The number of rotatable bonds is 10. The zero-order chi connectivity index (χ0) is 33.3. The van der Waals surface area contributed by atoms with Gasteiger partial charge in [-0.25, -0.2) is 0 Å². The number of fused-ring (bicyclic) bond motifs is 1. The topological polar surface area (TPSA) is 106 Å². The van der Waals surface area contributed by atoms with Crippen LogP contribution in [0.15, 0.2) is 138 Å². The fourth-order valence-corrected chi connectivity index (χ4v) is 5.91. The first-order valence-electron chi connectivity index (χ1n) is 15.4. The van der Waals surface area contributed by atoms with E-state index in [1.165, 1.54) is 11.8 Å². The first kappa shape index (κ1) is 32.2. The average molecular weight is 656 g/mol. The van der Waals surface area contributed by atoms with Crippen molar-refractivity contribution in [1.29, 1.82) is 0 Å². The summed E-state index contributed by atoms with van der Waals surface area (Å²) in [7, 11) is 0. The molecule has 1 heterocycles. The molecule has 0 aromatic heterocycles. The molecule has 9 heteroatoms. The highest BCUT2D eigenvalue weighted by molar-refractivity contribution is 8.00. The van der Waals surface area contributed by atoms with Crippen molar-refractivity contribution in [1.82, 2.24) is 5.32 Å². The van der Waals surface area contributed by atoms with E-state index in [9.17, 15) is 14.4 Å². The standard InChI is InChI=1S/C39H33N3O5S/c1-26(37(43)40-32-19-20-35-36(25-32)47-22-21-46-35)48-33-14-8-13-31(24-33)41-39(45)34(42-38(44)30-11-6-3-7-12-30)23-27-15-17-29(18-16-27)28-9-4-2-5-10-28/h2-20,23-26H,21-22H2,1H3,(H,40,43)(H,41,45)(H,42,44)/b34-23+. The Morgan fingerprint density at radius 1 is 0.688 bits per heavy atom. The molecule has 0 bridgehead atoms. The number of benzene rings is 5. The smallest absolute Gasteiger partial charge is 0.272 e. The summed E-state index contributed by atoms with van der Waals surface area (Å²) >= 11 is 1.36. The summed E-state index contributed by atoms with van der Waals surface area (Å²) in [6, 6.07) is 39.0. The van der Waals surface area contributed by atoms with Crippen LogP contribution in [-0.4, -0.2) is 36.2 Å². The van der Waals surface area contributed by atoms with E-state index in [0.29, 0.717) is 41.7 Å². The van der Waals surface area contributed by atoms with E-state index in [-0.39, 0.29) is 11.6 Å². The molecule has 0 fully saturated rings. The maximum absolute atomic E-state index is 13.6. The van der Waals surface area contributed by atoms with Gasteiger partial charge in [0.2, 0.25) is 5.91 Å². The SMILES string of the molecule is CC(Sc1cccc(NC(=O)/C(=C\c2ccc(-c3ccccc3)cc2)NC(=O)c2ccccc2)c1)C(=O)Nc1ccc2c(c1)OCCO2. The fourth-order valence-electron chi connectivity index (χ4n) is 4.98. The van der Waals surface area contributed by atoms with Crippen molar-refractivity contribution in [3.63, 3.8) is 0 Å². The number of ether oxygens (including phenoxy) is 2. The molecule has 0 saturated heterocycles. The van der Waals surface area contributed by atoms with E-state index in [1.54, 1.807) is 66.7 Å². The van der Waals surface area contributed by atoms with Gasteiger partial charge < -0.3 is 25.4 Å². The lowest BCUT2D eigenvalue weighted by Gasteiger charge is -2.19. The minimum absolute atomic E-state index is 0.0848. The Hall–Kier alpha value is -5.80. The van der Waals surface area contributed by atoms with Crippen molar-refractivity contribution in [2.24, 2.45) is 0 Å². The molecule has 0 spiro atoms. The number of thioether (sulfide) groups is 1. The molecular weight excluding hydrogens is 623 g/mol. The van der Waals surface area contributed by atoms with Crippen LogP contribution in [0.1, 0.15) is 22.8 Å². The highest BCUT2D eigenvalue weighted by atomic mass is 32.2. The second-order valence-electron chi connectivity index (χ2n) is 11.0. The van der Waals surface area contributed by atoms with Gasteiger partial charge in [-0.15, -0.1) is 11.8 Å². The number of amides is 3. The Morgan fingerprint density at radius 2 is 1.35 bits per heavy atom. The van der Waals surface area contributed by atoms with E-state index in [0.717, 1.165) is 21.6 Å². The van der Waals surface area contributed by atoms with Crippen LogP contribution < -0.4 is 25.4 Å². The number of carbonyl (C=O) groups is 3. The zero-order valence-electron chi connectivity index (χ0n) is 26.1. The van der Waals surface area contributed by atoms with E-state index in [4.69, 9.17) is 9.47 Å². The minimum atomic E-state index is -0.488. The maximum Gasteiger partial charge on any atom is 0.272 e. The summed E-state index contributed by atoms with van der Waals surface area (Å²) in [5.41, 5.74) is 4.51. The van der Waals surface area contributed by atoms with Gasteiger partial charge in [0.25, 0.3) is 11.8 Å². The molecule has 1 aliphatic rings. The third kappa shape index (κ3) is 8.31. The summed E-state index contributed by atoms with van der Waals surface area (Å²) in [5, 5.41) is 8.18. The predicted octanol–water partition coefficient (Wildman–Crippen LogP) is 7.65. The molecule has 1 atom stereocenters. The van der Waals surface area contributed by atoms with Crippen LogP contribution in [0.25, 0.3) is 17.2 Å². The van der Waals surface area contributed by atoms with Crippen LogP contribution in [0.2, 0.25) is 0 Å². The Morgan fingerprint density at radius 3 is 2.10 bits per heavy atom. The van der Waals surface area contributed by atoms with Crippen molar-refractivity contribution < 1.29 is 23.9 Å². The quantitative estimate of drug-likeness (QED) is 0.105. The number of hydrogen-bond acceptors (Lipinski definition) is 6. The molecule has 5 aromatic rings. The lowest BCUT2D eigenvalue weighted by atomic mass is 10.0. The summed E-state index contributed by atoms with van der Waals surface area (Å²) in [5.74, 6) is 0.177.